The number of rotatable bonds is 2. The van der Waals surface area contributed by atoms with Crippen molar-refractivity contribution < 1.29 is 13.2 Å². The molecule has 0 spiro atoms. The predicted octanol–water partition coefficient (Wildman–Crippen LogP) is 2.65. The number of hydrogen-bond donors (Lipinski definition) is 2. The largest absolute Gasteiger partial charge is 0.321 e. The van der Waals surface area contributed by atoms with Crippen LogP contribution >= 0.6 is 27.3 Å². The lowest BCUT2D eigenvalue weighted by Gasteiger charge is -2.02. The van der Waals surface area contributed by atoms with E-state index in [1.807, 2.05) is 12.1 Å². The Labute approximate surface area is 133 Å². The van der Waals surface area contributed by atoms with Gasteiger partial charge in [-0.05, 0) is 52.3 Å². The third-order valence-corrected chi connectivity index (χ3v) is 5.46. The molecule has 21 heavy (non-hydrogen) atoms. The Morgan fingerprint density at radius 2 is 2.00 bits per heavy atom. The summed E-state index contributed by atoms with van der Waals surface area (Å²) in [6, 6.07) is 8.08. The molecule has 0 atom stereocenters. The van der Waals surface area contributed by atoms with Crippen molar-refractivity contribution >= 4 is 60.5 Å². The second-order valence-electron chi connectivity index (χ2n) is 4.41. The molecule has 1 aliphatic rings. The molecule has 5 nitrogen and oxygen atoms in total. The molecule has 0 aliphatic carbocycles. The molecule has 108 valence electrons. The maximum atomic E-state index is 12.0. The van der Waals surface area contributed by atoms with Crippen molar-refractivity contribution in [2.24, 2.45) is 5.14 Å². The summed E-state index contributed by atoms with van der Waals surface area (Å²) < 4.78 is 23.8. The van der Waals surface area contributed by atoms with Crippen molar-refractivity contribution in [3.05, 3.63) is 44.6 Å². The molecular formula is C13H9BrN2O3S2. The van der Waals surface area contributed by atoms with Gasteiger partial charge in [0.1, 0.15) is 0 Å². The van der Waals surface area contributed by atoms with E-state index in [0.29, 0.717) is 16.8 Å². The fourth-order valence-corrected chi connectivity index (χ4v) is 3.94. The van der Waals surface area contributed by atoms with Crippen LogP contribution in [0.5, 0.6) is 0 Å². The Hall–Kier alpha value is -1.48. The van der Waals surface area contributed by atoms with E-state index in [0.717, 1.165) is 8.66 Å². The third-order valence-electron chi connectivity index (χ3n) is 2.98. The van der Waals surface area contributed by atoms with Crippen LogP contribution in [0.2, 0.25) is 0 Å². The van der Waals surface area contributed by atoms with Crippen LogP contribution < -0.4 is 10.5 Å². The van der Waals surface area contributed by atoms with E-state index in [-0.39, 0.29) is 10.8 Å². The summed E-state index contributed by atoms with van der Waals surface area (Å²) in [4.78, 5) is 12.9. The van der Waals surface area contributed by atoms with Crippen molar-refractivity contribution in [2.75, 3.05) is 5.32 Å². The minimum Gasteiger partial charge on any atom is -0.321 e. The number of halogens is 1. The summed E-state index contributed by atoms with van der Waals surface area (Å²) in [6.45, 7) is 0. The maximum Gasteiger partial charge on any atom is 0.256 e. The molecule has 0 saturated carbocycles. The maximum absolute atomic E-state index is 12.0. The van der Waals surface area contributed by atoms with Crippen molar-refractivity contribution in [3.63, 3.8) is 0 Å². The minimum atomic E-state index is -3.81. The highest BCUT2D eigenvalue weighted by atomic mass is 79.9. The first-order valence-corrected chi connectivity index (χ1v) is 8.96. The van der Waals surface area contributed by atoms with Gasteiger partial charge in [0.2, 0.25) is 10.0 Å². The zero-order chi connectivity index (χ0) is 15.2. The van der Waals surface area contributed by atoms with E-state index in [1.54, 1.807) is 6.08 Å². The molecule has 0 saturated heterocycles. The molecule has 0 unspecified atom stereocenters. The SMILES string of the molecule is NS(=O)(=O)c1ccc2c(c1)C(=Cc1ccc(Br)s1)C(=O)N2. The molecule has 3 N–H and O–H groups in total. The number of nitrogens with one attached hydrogen (secondary N) is 1. The normalized spacial score (nSPS) is 16.1. The zero-order valence-electron chi connectivity index (χ0n) is 10.5. The van der Waals surface area contributed by atoms with E-state index >= 15 is 0 Å². The van der Waals surface area contributed by atoms with Crippen LogP contribution in [-0.2, 0) is 14.8 Å². The van der Waals surface area contributed by atoms with E-state index in [2.05, 4.69) is 21.2 Å². The molecule has 8 heteroatoms. The van der Waals surface area contributed by atoms with Crippen LogP contribution in [0, 0.1) is 0 Å². The number of benzene rings is 1. The van der Waals surface area contributed by atoms with Crippen molar-refractivity contribution in [2.45, 2.75) is 4.90 Å². The topological polar surface area (TPSA) is 89.3 Å². The third kappa shape index (κ3) is 2.80. The number of amides is 1. The molecule has 1 aliphatic heterocycles. The Morgan fingerprint density at radius 1 is 1.24 bits per heavy atom. The van der Waals surface area contributed by atoms with E-state index in [4.69, 9.17) is 5.14 Å². The predicted molar refractivity (Wildman–Crippen MR) is 86.3 cm³/mol. The van der Waals surface area contributed by atoms with Gasteiger partial charge in [0.05, 0.1) is 14.3 Å². The van der Waals surface area contributed by atoms with Gasteiger partial charge in [-0.25, -0.2) is 13.6 Å². The molecule has 1 aromatic heterocycles. The van der Waals surface area contributed by atoms with Crippen LogP contribution in [0.4, 0.5) is 5.69 Å². The highest BCUT2D eigenvalue weighted by Gasteiger charge is 2.26. The van der Waals surface area contributed by atoms with E-state index < -0.39 is 10.0 Å². The average Bonchev–Trinajstić information content (AvgIpc) is 2.93. The fraction of sp³-hybridized carbons (Fsp3) is 0. The summed E-state index contributed by atoms with van der Waals surface area (Å²) in [7, 11) is -3.81. The number of fused-ring (bicyclic) bond motifs is 1. The number of sulfonamides is 1. The standard InChI is InChI=1S/C13H9BrN2O3S2/c14-12-4-1-7(20-12)5-10-9-6-8(21(15,18)19)2-3-11(9)16-13(10)17/h1-6H,(H,16,17)(H2,15,18,19). The van der Waals surface area contributed by atoms with Gasteiger partial charge in [-0.15, -0.1) is 11.3 Å². The highest BCUT2D eigenvalue weighted by Crippen LogP contribution is 2.36. The van der Waals surface area contributed by atoms with Gasteiger partial charge < -0.3 is 5.32 Å². The fourth-order valence-electron chi connectivity index (χ4n) is 2.04. The molecule has 3 rings (SSSR count). The van der Waals surface area contributed by atoms with Crippen LogP contribution in [-0.4, -0.2) is 14.3 Å². The van der Waals surface area contributed by atoms with Gasteiger partial charge in [0.25, 0.3) is 5.91 Å². The molecule has 2 aromatic rings. The summed E-state index contributed by atoms with van der Waals surface area (Å²) in [5, 5.41) is 7.83. The summed E-state index contributed by atoms with van der Waals surface area (Å²) in [5.74, 6) is -0.263. The van der Waals surface area contributed by atoms with Gasteiger partial charge in [0, 0.05) is 16.1 Å². The van der Waals surface area contributed by atoms with E-state index in [1.165, 1.54) is 29.5 Å². The lowest BCUT2D eigenvalue weighted by atomic mass is 10.1. The van der Waals surface area contributed by atoms with Crippen LogP contribution in [0.25, 0.3) is 11.6 Å². The number of nitrogens with two attached hydrogens (primary N) is 1. The second-order valence-corrected chi connectivity index (χ2v) is 8.46. The van der Waals surface area contributed by atoms with Crippen molar-refractivity contribution in [3.8, 4) is 0 Å². The first-order chi connectivity index (χ1) is 9.84. The van der Waals surface area contributed by atoms with Gasteiger partial charge in [-0.1, -0.05) is 0 Å². The van der Waals surface area contributed by atoms with Crippen LogP contribution in [0.1, 0.15) is 10.4 Å². The quantitative estimate of drug-likeness (QED) is 0.779. The number of thiophene rings is 1. The minimum absolute atomic E-state index is 0.0176. The molecular weight excluding hydrogens is 376 g/mol. The van der Waals surface area contributed by atoms with E-state index in [9.17, 15) is 13.2 Å². The lowest BCUT2D eigenvalue weighted by Crippen LogP contribution is -2.12. The molecule has 2 heterocycles. The number of hydrogen-bond acceptors (Lipinski definition) is 4. The smallest absolute Gasteiger partial charge is 0.256 e. The monoisotopic (exact) mass is 384 g/mol. The summed E-state index contributed by atoms with van der Waals surface area (Å²) in [5.41, 5.74) is 1.54. The Morgan fingerprint density at radius 3 is 2.62 bits per heavy atom. The first kappa shape index (κ1) is 14.5. The van der Waals surface area contributed by atoms with Gasteiger partial charge in [-0.3, -0.25) is 4.79 Å². The molecule has 0 radical (unpaired) electrons. The van der Waals surface area contributed by atoms with Crippen molar-refractivity contribution in [1.82, 2.24) is 0 Å². The van der Waals surface area contributed by atoms with Gasteiger partial charge in [0.15, 0.2) is 0 Å². The molecule has 1 amide bonds. The van der Waals surface area contributed by atoms with Crippen molar-refractivity contribution in [1.29, 1.82) is 0 Å². The number of carbonyl (C=O) groups excluding carboxylic acids is 1. The lowest BCUT2D eigenvalue weighted by molar-refractivity contribution is -0.110. The Kier molecular flexibility index (Phi) is 3.48. The highest BCUT2D eigenvalue weighted by molar-refractivity contribution is 9.11. The summed E-state index contributed by atoms with van der Waals surface area (Å²) in [6.07, 6.45) is 1.73. The second kappa shape index (κ2) is 5.06. The number of carbonyl (C=O) groups is 1. The average molecular weight is 385 g/mol. The molecule has 1 aromatic carbocycles. The molecule has 0 bridgehead atoms. The van der Waals surface area contributed by atoms with Gasteiger partial charge in [-0.2, -0.15) is 0 Å². The molecule has 0 fully saturated rings. The number of primary sulfonamides is 1. The van der Waals surface area contributed by atoms with Crippen LogP contribution in [0.15, 0.2) is 39.0 Å². The van der Waals surface area contributed by atoms with Gasteiger partial charge >= 0.3 is 0 Å². The Bertz CT molecular complexity index is 885. The zero-order valence-corrected chi connectivity index (χ0v) is 13.7. The number of anilines is 1. The first-order valence-electron chi connectivity index (χ1n) is 5.80. The Balaban J connectivity index is 2.14. The summed E-state index contributed by atoms with van der Waals surface area (Å²) >= 11 is 4.84. The van der Waals surface area contributed by atoms with Crippen LogP contribution in [0.3, 0.4) is 0 Å².